The number of ether oxygens (including phenoxy) is 3. The van der Waals surface area contributed by atoms with Gasteiger partial charge in [0.15, 0.2) is 0 Å². The molecule has 1 heterocycles. The van der Waals surface area contributed by atoms with Crippen molar-refractivity contribution in [1.82, 2.24) is 9.97 Å². The molecule has 0 amide bonds. The number of carbonyl (C=O) groups excluding carboxylic acids is 1. The number of benzene rings is 1. The first-order chi connectivity index (χ1) is 10.0. The number of carbonyl (C=O) groups is 1. The van der Waals surface area contributed by atoms with Crippen LogP contribution >= 0.6 is 11.6 Å². The molecule has 0 aliphatic heterocycles. The fourth-order valence-corrected chi connectivity index (χ4v) is 1.68. The van der Waals surface area contributed by atoms with Crippen LogP contribution in [0.5, 0.6) is 17.6 Å². The summed E-state index contributed by atoms with van der Waals surface area (Å²) in [6.45, 7) is 0. The Hall–Kier alpha value is -2.41. The second kappa shape index (κ2) is 6.36. The van der Waals surface area contributed by atoms with Gasteiger partial charge in [-0.05, 0) is 12.1 Å². The van der Waals surface area contributed by atoms with Crippen LogP contribution in [0.1, 0.15) is 10.4 Å². The average Bonchev–Trinajstić information content (AvgIpc) is 2.46. The molecular formula is C13H10ClFN2O4. The van der Waals surface area contributed by atoms with E-state index < -0.39 is 11.8 Å². The third-order valence-corrected chi connectivity index (χ3v) is 2.62. The van der Waals surface area contributed by atoms with E-state index in [1.807, 2.05) is 0 Å². The van der Waals surface area contributed by atoms with Crippen LogP contribution in [0.25, 0.3) is 0 Å². The van der Waals surface area contributed by atoms with Crippen LogP contribution in [0.15, 0.2) is 24.3 Å². The standard InChI is InChI=1S/C13H10ClFN2O4/c1-19-10-6-9(14)16-13(17-10)21-8-5-3-4-7(15)11(8)12(18)20-2/h3-6H,1-2H3. The van der Waals surface area contributed by atoms with E-state index in [4.69, 9.17) is 21.1 Å². The molecule has 0 atom stereocenters. The van der Waals surface area contributed by atoms with Gasteiger partial charge in [0, 0.05) is 6.07 Å². The Morgan fingerprint density at radius 1 is 1.29 bits per heavy atom. The molecule has 2 rings (SSSR count). The molecule has 0 bridgehead atoms. The summed E-state index contributed by atoms with van der Waals surface area (Å²) in [5, 5.41) is 0.0767. The van der Waals surface area contributed by atoms with Crippen molar-refractivity contribution in [3.63, 3.8) is 0 Å². The van der Waals surface area contributed by atoms with Crippen molar-refractivity contribution in [2.24, 2.45) is 0 Å². The highest BCUT2D eigenvalue weighted by atomic mass is 35.5. The second-order valence-electron chi connectivity index (χ2n) is 3.72. The second-order valence-corrected chi connectivity index (χ2v) is 4.11. The number of rotatable bonds is 4. The minimum atomic E-state index is -0.878. The molecule has 0 fully saturated rings. The maximum Gasteiger partial charge on any atom is 0.344 e. The number of halogens is 2. The Morgan fingerprint density at radius 2 is 2.05 bits per heavy atom. The number of hydrogen-bond acceptors (Lipinski definition) is 6. The van der Waals surface area contributed by atoms with Crippen molar-refractivity contribution in [3.05, 3.63) is 40.8 Å². The molecule has 1 aromatic carbocycles. The van der Waals surface area contributed by atoms with Crippen LogP contribution in [-0.4, -0.2) is 30.2 Å². The van der Waals surface area contributed by atoms with Crippen molar-refractivity contribution in [1.29, 1.82) is 0 Å². The van der Waals surface area contributed by atoms with E-state index in [1.165, 1.54) is 25.3 Å². The normalized spacial score (nSPS) is 10.1. The first-order valence-electron chi connectivity index (χ1n) is 5.68. The molecule has 0 saturated carbocycles. The monoisotopic (exact) mass is 312 g/mol. The maximum atomic E-state index is 13.7. The summed E-state index contributed by atoms with van der Waals surface area (Å²) in [7, 11) is 2.53. The number of esters is 1. The molecule has 6 nitrogen and oxygen atoms in total. The van der Waals surface area contributed by atoms with E-state index in [0.717, 1.165) is 13.2 Å². The summed E-state index contributed by atoms with van der Waals surface area (Å²) in [6, 6.07) is 5.06. The molecule has 1 aromatic heterocycles. The number of hydrogen-bond donors (Lipinski definition) is 0. The first kappa shape index (κ1) is 15.0. The number of aromatic nitrogens is 2. The van der Waals surface area contributed by atoms with Gasteiger partial charge in [0.25, 0.3) is 0 Å². The van der Waals surface area contributed by atoms with E-state index in [9.17, 15) is 9.18 Å². The van der Waals surface area contributed by atoms with Gasteiger partial charge in [0.1, 0.15) is 22.3 Å². The largest absolute Gasteiger partial charge is 0.481 e. The predicted molar refractivity (Wildman–Crippen MR) is 71.4 cm³/mol. The minimum absolute atomic E-state index is 0.0767. The lowest BCUT2D eigenvalue weighted by atomic mass is 10.2. The highest BCUT2D eigenvalue weighted by Gasteiger charge is 2.20. The lowest BCUT2D eigenvalue weighted by Crippen LogP contribution is -2.07. The summed E-state index contributed by atoms with van der Waals surface area (Å²) in [6.07, 6.45) is 0. The van der Waals surface area contributed by atoms with Gasteiger partial charge >= 0.3 is 12.0 Å². The van der Waals surface area contributed by atoms with Gasteiger partial charge in [-0.15, -0.1) is 0 Å². The zero-order chi connectivity index (χ0) is 15.4. The average molecular weight is 313 g/mol. The van der Waals surface area contributed by atoms with Crippen LogP contribution in [0, 0.1) is 5.82 Å². The molecule has 0 aliphatic carbocycles. The summed E-state index contributed by atoms with van der Waals surface area (Å²) in [5.74, 6) is -1.59. The van der Waals surface area contributed by atoms with Gasteiger partial charge in [-0.3, -0.25) is 0 Å². The molecule has 0 spiro atoms. The molecular weight excluding hydrogens is 303 g/mol. The Morgan fingerprint density at radius 3 is 2.71 bits per heavy atom. The quantitative estimate of drug-likeness (QED) is 0.638. The molecule has 0 saturated heterocycles. The Balaban J connectivity index is 2.42. The topological polar surface area (TPSA) is 70.5 Å². The Labute approximate surface area is 124 Å². The van der Waals surface area contributed by atoms with Gasteiger partial charge in [0.05, 0.1) is 14.2 Å². The lowest BCUT2D eigenvalue weighted by Gasteiger charge is -2.10. The molecule has 8 heteroatoms. The van der Waals surface area contributed by atoms with Gasteiger partial charge in [-0.25, -0.2) is 9.18 Å². The Bertz CT molecular complexity index is 681. The van der Waals surface area contributed by atoms with E-state index in [0.29, 0.717) is 0 Å². The number of nitrogens with zero attached hydrogens (tertiary/aromatic N) is 2. The molecule has 0 N–H and O–H groups in total. The molecule has 0 aliphatic rings. The minimum Gasteiger partial charge on any atom is -0.481 e. The lowest BCUT2D eigenvalue weighted by molar-refractivity contribution is 0.0592. The third kappa shape index (κ3) is 3.38. The van der Waals surface area contributed by atoms with E-state index in [2.05, 4.69) is 14.7 Å². The third-order valence-electron chi connectivity index (χ3n) is 2.43. The summed E-state index contributed by atoms with van der Waals surface area (Å²) in [4.78, 5) is 19.3. The zero-order valence-corrected chi connectivity index (χ0v) is 11.8. The summed E-state index contributed by atoms with van der Waals surface area (Å²) < 4.78 is 28.5. The highest BCUT2D eigenvalue weighted by molar-refractivity contribution is 6.29. The van der Waals surface area contributed by atoms with E-state index in [1.54, 1.807) is 0 Å². The van der Waals surface area contributed by atoms with E-state index in [-0.39, 0.29) is 28.4 Å². The smallest absolute Gasteiger partial charge is 0.344 e. The van der Waals surface area contributed by atoms with Crippen molar-refractivity contribution >= 4 is 17.6 Å². The van der Waals surface area contributed by atoms with E-state index >= 15 is 0 Å². The zero-order valence-electron chi connectivity index (χ0n) is 11.1. The summed E-state index contributed by atoms with van der Waals surface area (Å²) in [5.41, 5.74) is -0.359. The van der Waals surface area contributed by atoms with Crippen molar-refractivity contribution in [2.45, 2.75) is 0 Å². The molecule has 0 radical (unpaired) electrons. The summed E-state index contributed by atoms with van der Waals surface area (Å²) >= 11 is 5.78. The van der Waals surface area contributed by atoms with Crippen LogP contribution in [0.2, 0.25) is 5.15 Å². The van der Waals surface area contributed by atoms with Crippen molar-refractivity contribution in [2.75, 3.05) is 14.2 Å². The first-order valence-corrected chi connectivity index (χ1v) is 6.06. The van der Waals surface area contributed by atoms with Gasteiger partial charge < -0.3 is 14.2 Å². The molecule has 0 unspecified atom stereocenters. The molecule has 110 valence electrons. The molecule has 2 aromatic rings. The Kier molecular flexibility index (Phi) is 4.54. The van der Waals surface area contributed by atoms with Crippen molar-refractivity contribution < 1.29 is 23.4 Å². The highest BCUT2D eigenvalue weighted by Crippen LogP contribution is 2.27. The van der Waals surface area contributed by atoms with Crippen LogP contribution in [0.3, 0.4) is 0 Å². The van der Waals surface area contributed by atoms with Crippen LogP contribution < -0.4 is 9.47 Å². The fourth-order valence-electron chi connectivity index (χ4n) is 1.52. The SMILES string of the molecule is COC(=O)c1c(F)cccc1Oc1nc(Cl)cc(OC)n1. The van der Waals surface area contributed by atoms with Crippen molar-refractivity contribution in [3.8, 4) is 17.6 Å². The predicted octanol–water partition coefficient (Wildman–Crippen LogP) is 2.86. The maximum absolute atomic E-state index is 13.7. The van der Waals surface area contributed by atoms with Gasteiger partial charge in [-0.1, -0.05) is 17.7 Å². The van der Waals surface area contributed by atoms with Gasteiger partial charge in [-0.2, -0.15) is 9.97 Å². The number of methoxy groups -OCH3 is 2. The molecule has 21 heavy (non-hydrogen) atoms. The van der Waals surface area contributed by atoms with Crippen LogP contribution in [-0.2, 0) is 4.74 Å². The van der Waals surface area contributed by atoms with Crippen LogP contribution in [0.4, 0.5) is 4.39 Å². The fraction of sp³-hybridized carbons (Fsp3) is 0.154. The van der Waals surface area contributed by atoms with Gasteiger partial charge in [0.2, 0.25) is 5.88 Å².